The van der Waals surface area contributed by atoms with Crippen LogP contribution in [0.5, 0.6) is 0 Å². The first kappa shape index (κ1) is 19.0. The number of nitrogens with zero attached hydrogens (tertiary/aromatic N) is 2. The van der Waals surface area contributed by atoms with Gasteiger partial charge in [-0.15, -0.1) is 3.29 Å². The fourth-order valence-electron chi connectivity index (χ4n) is 3.26. The van der Waals surface area contributed by atoms with Crippen LogP contribution >= 0.6 is 0 Å². The summed E-state index contributed by atoms with van der Waals surface area (Å²) in [5.41, 5.74) is 0. The van der Waals surface area contributed by atoms with Crippen molar-refractivity contribution in [2.45, 2.75) is 76.3 Å². The van der Waals surface area contributed by atoms with Gasteiger partial charge in [-0.05, 0) is 25.7 Å². The third-order valence-corrected chi connectivity index (χ3v) is 8.35. The van der Waals surface area contributed by atoms with Crippen LogP contribution in [0.3, 0.4) is 0 Å². The molecule has 0 bridgehead atoms. The fraction of sp³-hybridized carbons (Fsp3) is 0.933. The van der Waals surface area contributed by atoms with Gasteiger partial charge in [0.2, 0.25) is 0 Å². The van der Waals surface area contributed by atoms with E-state index in [-0.39, 0.29) is 21.9 Å². The van der Waals surface area contributed by atoms with Gasteiger partial charge < -0.3 is 0 Å². The van der Waals surface area contributed by atoms with Crippen LogP contribution in [-0.4, -0.2) is 37.4 Å². The van der Waals surface area contributed by atoms with Crippen molar-refractivity contribution in [3.05, 3.63) is 0 Å². The van der Waals surface area contributed by atoms with Crippen molar-refractivity contribution in [2.75, 3.05) is 13.6 Å². The van der Waals surface area contributed by atoms with E-state index < -0.39 is 22.3 Å². The summed E-state index contributed by atoms with van der Waals surface area (Å²) in [6, 6.07) is 2.45. The molecule has 2 saturated carbocycles. The van der Waals surface area contributed by atoms with Crippen molar-refractivity contribution in [2.24, 2.45) is 0 Å². The Morgan fingerprint density at radius 2 is 1.30 bits per heavy atom. The van der Waals surface area contributed by atoms with Gasteiger partial charge >= 0.3 is 22.3 Å². The lowest BCUT2D eigenvalue weighted by atomic mass is 9.96. The number of quaternary nitrogens is 1. The van der Waals surface area contributed by atoms with Crippen LogP contribution in [0.25, 0.3) is 0 Å². The first-order valence-corrected chi connectivity index (χ1v) is 10.9. The van der Waals surface area contributed by atoms with Gasteiger partial charge in [-0.3, -0.25) is 0 Å². The van der Waals surface area contributed by atoms with Crippen LogP contribution in [0.1, 0.15) is 64.2 Å². The SMILES string of the molecule is C[N+](CC#N)(S(=O)NC1CCCCC1)S(=O)NC1CCCCC1. The van der Waals surface area contributed by atoms with E-state index in [0.29, 0.717) is 0 Å². The van der Waals surface area contributed by atoms with Gasteiger partial charge in [-0.2, -0.15) is 23.1 Å². The molecule has 0 aliphatic heterocycles. The van der Waals surface area contributed by atoms with Gasteiger partial charge in [0.25, 0.3) is 0 Å². The van der Waals surface area contributed by atoms with Crippen molar-refractivity contribution in [3.63, 3.8) is 0 Å². The first-order valence-electron chi connectivity index (χ1n) is 8.66. The minimum atomic E-state index is -1.55. The minimum absolute atomic E-state index is 0.0430. The molecule has 2 unspecified atom stereocenters. The standard InChI is InChI=1S/C15H29N4O2S2/c1-19(13-12-16,22(20)17-14-8-4-2-5-9-14)23(21)18-15-10-6-3-7-11-15/h14-15,17-18H,2-11,13H2,1H3/q+1. The topological polar surface area (TPSA) is 82.0 Å². The molecule has 2 rings (SSSR count). The molecule has 23 heavy (non-hydrogen) atoms. The van der Waals surface area contributed by atoms with E-state index >= 15 is 0 Å². The molecule has 2 atom stereocenters. The summed E-state index contributed by atoms with van der Waals surface area (Å²) in [7, 11) is 1.64. The quantitative estimate of drug-likeness (QED) is 0.537. The molecule has 2 fully saturated rings. The Labute approximate surface area is 145 Å². The Bertz CT molecular complexity index is 437. The largest absolute Gasteiger partial charge is 0.304 e. The van der Waals surface area contributed by atoms with E-state index in [0.717, 1.165) is 51.4 Å². The summed E-state index contributed by atoms with van der Waals surface area (Å²) in [5, 5.41) is 9.12. The van der Waals surface area contributed by atoms with Crippen LogP contribution in [-0.2, 0) is 22.3 Å². The molecular weight excluding hydrogens is 332 g/mol. The second-order valence-corrected chi connectivity index (χ2v) is 10.0. The maximum absolute atomic E-state index is 12.8. The Morgan fingerprint density at radius 1 is 0.913 bits per heavy atom. The third kappa shape index (κ3) is 5.33. The summed E-state index contributed by atoms with van der Waals surface area (Å²) in [4.78, 5) is 0. The summed E-state index contributed by atoms with van der Waals surface area (Å²) < 4.78 is 31.5. The molecule has 0 aromatic heterocycles. The van der Waals surface area contributed by atoms with E-state index in [4.69, 9.17) is 5.26 Å². The van der Waals surface area contributed by atoms with E-state index in [1.54, 1.807) is 7.05 Å². The van der Waals surface area contributed by atoms with Crippen LogP contribution in [0.15, 0.2) is 0 Å². The molecule has 0 spiro atoms. The molecule has 2 aliphatic carbocycles. The lowest BCUT2D eigenvalue weighted by Crippen LogP contribution is -2.58. The van der Waals surface area contributed by atoms with Crippen molar-refractivity contribution in [1.29, 1.82) is 5.26 Å². The molecule has 0 radical (unpaired) electrons. The molecule has 0 aromatic carbocycles. The molecule has 0 heterocycles. The van der Waals surface area contributed by atoms with Crippen LogP contribution in [0.4, 0.5) is 0 Å². The predicted octanol–water partition coefficient (Wildman–Crippen LogP) is 1.96. The van der Waals surface area contributed by atoms with Gasteiger partial charge in [0.05, 0.1) is 7.05 Å². The minimum Gasteiger partial charge on any atom is -0.192 e. The van der Waals surface area contributed by atoms with Crippen molar-refractivity contribution in [3.8, 4) is 6.07 Å². The van der Waals surface area contributed by atoms with Crippen molar-refractivity contribution >= 4 is 22.3 Å². The molecule has 8 heteroatoms. The second-order valence-electron chi connectivity index (χ2n) is 6.73. The monoisotopic (exact) mass is 361 g/mol. The van der Waals surface area contributed by atoms with E-state index in [2.05, 4.69) is 15.5 Å². The smallest absolute Gasteiger partial charge is 0.192 e. The zero-order valence-corrected chi connectivity index (χ0v) is 15.6. The lowest BCUT2D eigenvalue weighted by Gasteiger charge is -2.31. The average Bonchev–Trinajstić information content (AvgIpc) is 2.56. The first-order chi connectivity index (χ1) is 11.1. The molecule has 0 aromatic rings. The second kappa shape index (κ2) is 9.23. The number of nitrogens with one attached hydrogen (secondary N) is 2. The van der Waals surface area contributed by atoms with Gasteiger partial charge in [0, 0.05) is 12.1 Å². The third-order valence-electron chi connectivity index (χ3n) is 4.80. The lowest BCUT2D eigenvalue weighted by molar-refractivity contribution is -0.629. The highest BCUT2D eigenvalue weighted by Gasteiger charge is 2.40. The van der Waals surface area contributed by atoms with Gasteiger partial charge in [-0.25, -0.2) is 0 Å². The molecule has 2 aliphatic rings. The van der Waals surface area contributed by atoms with Crippen LogP contribution in [0.2, 0.25) is 0 Å². The summed E-state index contributed by atoms with van der Waals surface area (Å²) in [5.74, 6) is 0. The molecule has 2 N–H and O–H groups in total. The predicted molar refractivity (Wildman–Crippen MR) is 93.0 cm³/mol. The summed E-state index contributed by atoms with van der Waals surface area (Å²) >= 11 is -3.11. The van der Waals surface area contributed by atoms with E-state index in [1.165, 1.54) is 12.8 Å². The summed E-state index contributed by atoms with van der Waals surface area (Å²) in [6.07, 6.45) is 11.0. The Hall–Kier alpha value is -0.330. The van der Waals surface area contributed by atoms with Crippen LogP contribution < -0.4 is 9.44 Å². The number of hydrogen-bond donors (Lipinski definition) is 2. The van der Waals surface area contributed by atoms with E-state index in [1.807, 2.05) is 0 Å². The average molecular weight is 362 g/mol. The summed E-state index contributed by atoms with van der Waals surface area (Å²) in [6.45, 7) is -0.0430. The number of rotatable bonds is 7. The van der Waals surface area contributed by atoms with Crippen LogP contribution in [0, 0.1) is 11.3 Å². The maximum atomic E-state index is 12.8. The molecule has 6 nitrogen and oxygen atoms in total. The van der Waals surface area contributed by atoms with Crippen molar-refractivity contribution in [1.82, 2.24) is 9.44 Å². The van der Waals surface area contributed by atoms with Gasteiger partial charge in [0.15, 0.2) is 6.54 Å². The Morgan fingerprint density at radius 3 is 1.65 bits per heavy atom. The molecule has 0 saturated heterocycles. The van der Waals surface area contributed by atoms with E-state index in [9.17, 15) is 8.42 Å². The van der Waals surface area contributed by atoms with Crippen molar-refractivity contribution < 1.29 is 11.7 Å². The molecular formula is C15H29N4O2S2+. The highest BCUT2D eigenvalue weighted by Crippen LogP contribution is 2.22. The zero-order valence-electron chi connectivity index (χ0n) is 14.0. The maximum Gasteiger partial charge on any atom is 0.304 e. The normalized spacial score (nSPS) is 26.1. The highest BCUT2D eigenvalue weighted by molar-refractivity contribution is 7.90. The van der Waals surface area contributed by atoms with Gasteiger partial charge in [0.1, 0.15) is 6.07 Å². The molecule has 132 valence electrons. The number of hydrogen-bond acceptors (Lipinski definition) is 3. The highest BCUT2D eigenvalue weighted by atomic mass is 32.3. The van der Waals surface area contributed by atoms with Gasteiger partial charge in [-0.1, -0.05) is 38.5 Å². The fourth-order valence-corrected chi connectivity index (χ4v) is 5.84. The Balaban J connectivity index is 1.98. The zero-order chi connectivity index (χ0) is 16.7. The number of nitriles is 1. The molecule has 0 amide bonds. The Kier molecular flexibility index (Phi) is 7.63.